The number of alkyl carbamates (subject to hydrolysis) is 1. The molecule has 0 spiro atoms. The zero-order chi connectivity index (χ0) is 25.9. The van der Waals surface area contributed by atoms with E-state index in [2.05, 4.69) is 5.32 Å². The lowest BCUT2D eigenvalue weighted by molar-refractivity contribution is -0.157. The molecule has 3 rings (SSSR count). The Kier molecular flexibility index (Phi) is 8.17. The van der Waals surface area contributed by atoms with Crippen LogP contribution in [0.1, 0.15) is 73.3 Å². The van der Waals surface area contributed by atoms with Gasteiger partial charge in [-0.05, 0) is 78.8 Å². The molecule has 1 atom stereocenters. The number of rotatable bonds is 7. The molecule has 0 saturated carbocycles. The lowest BCUT2D eigenvalue weighted by Gasteiger charge is -2.32. The summed E-state index contributed by atoms with van der Waals surface area (Å²) in [5.74, 6) is -0.490. The molecule has 8 heteroatoms. The molecule has 0 radical (unpaired) electrons. The Bertz CT molecular complexity index is 961. The highest BCUT2D eigenvalue weighted by Gasteiger charge is 2.52. The van der Waals surface area contributed by atoms with E-state index in [1.165, 1.54) is 0 Å². The molecule has 190 valence electrons. The van der Waals surface area contributed by atoms with E-state index in [1.54, 1.807) is 20.8 Å². The second-order valence-electron chi connectivity index (χ2n) is 11.2. The van der Waals surface area contributed by atoms with Gasteiger partial charge in [-0.1, -0.05) is 48.1 Å². The van der Waals surface area contributed by atoms with Crippen LogP contribution in [0.2, 0.25) is 0 Å². The molecule has 0 bridgehead atoms. The smallest absolute Gasteiger partial charge is 0.458 e. The van der Waals surface area contributed by atoms with Crippen molar-refractivity contribution in [2.75, 3.05) is 0 Å². The van der Waals surface area contributed by atoms with Crippen molar-refractivity contribution in [3.8, 4) is 0 Å². The third-order valence-corrected chi connectivity index (χ3v) is 6.49. The van der Waals surface area contributed by atoms with Gasteiger partial charge < -0.3 is 24.1 Å². The molecule has 1 aliphatic heterocycles. The quantitative estimate of drug-likeness (QED) is 0.419. The molecule has 1 heterocycles. The summed E-state index contributed by atoms with van der Waals surface area (Å²) in [4.78, 5) is 25.4. The first kappa shape index (κ1) is 27.0. The van der Waals surface area contributed by atoms with Crippen molar-refractivity contribution in [2.24, 2.45) is 0 Å². The van der Waals surface area contributed by atoms with Gasteiger partial charge in [-0.25, -0.2) is 9.59 Å². The fourth-order valence-electron chi connectivity index (χ4n) is 3.79. The summed E-state index contributed by atoms with van der Waals surface area (Å²) in [6.45, 7) is 13.7. The van der Waals surface area contributed by atoms with Crippen molar-refractivity contribution in [1.82, 2.24) is 5.32 Å². The van der Waals surface area contributed by atoms with Gasteiger partial charge in [-0.3, -0.25) is 0 Å². The van der Waals surface area contributed by atoms with Gasteiger partial charge in [-0.2, -0.15) is 0 Å². The molecule has 1 amide bonds. The van der Waals surface area contributed by atoms with Crippen LogP contribution in [0.15, 0.2) is 53.5 Å². The summed E-state index contributed by atoms with van der Waals surface area (Å²) < 4.78 is 23.2. The molecule has 0 aromatic heterocycles. The number of carbonyl (C=O) groups excluding carboxylic acids is 2. The van der Waals surface area contributed by atoms with Crippen molar-refractivity contribution in [2.45, 2.75) is 97.2 Å². The van der Waals surface area contributed by atoms with Gasteiger partial charge in [0.15, 0.2) is 0 Å². The SMILES string of the molecule is CC(C)(C)OC(=O)[C@H](CC1=CC=C(B2OC(C)(C)C(C)(C)O2)CC1)NC(=O)OCc1ccccc1. The summed E-state index contributed by atoms with van der Waals surface area (Å²) in [5, 5.41) is 2.70. The number of hydrogen-bond donors (Lipinski definition) is 1. The molecule has 7 nitrogen and oxygen atoms in total. The van der Waals surface area contributed by atoms with Crippen LogP contribution in [-0.4, -0.2) is 42.0 Å². The number of benzene rings is 1. The summed E-state index contributed by atoms with van der Waals surface area (Å²) in [5.41, 5.74) is 1.51. The van der Waals surface area contributed by atoms with Gasteiger partial charge in [0.25, 0.3) is 0 Å². The molecule has 35 heavy (non-hydrogen) atoms. The first-order valence-corrected chi connectivity index (χ1v) is 12.2. The second kappa shape index (κ2) is 10.6. The summed E-state index contributed by atoms with van der Waals surface area (Å²) in [6.07, 6.45) is 5.15. The van der Waals surface area contributed by atoms with Gasteiger partial charge in [0.05, 0.1) is 11.2 Å². The molecule has 0 unspecified atom stereocenters. The predicted molar refractivity (Wildman–Crippen MR) is 135 cm³/mol. The highest BCUT2D eigenvalue weighted by molar-refractivity contribution is 6.54. The largest absolute Gasteiger partial charge is 0.490 e. The van der Waals surface area contributed by atoms with Crippen LogP contribution in [0.25, 0.3) is 0 Å². The van der Waals surface area contributed by atoms with E-state index in [0.29, 0.717) is 6.42 Å². The highest BCUT2D eigenvalue weighted by Crippen LogP contribution is 2.40. The van der Waals surface area contributed by atoms with Crippen LogP contribution in [0.5, 0.6) is 0 Å². The molecule has 2 aliphatic rings. The molecule has 1 N–H and O–H groups in total. The van der Waals surface area contributed by atoms with Crippen molar-refractivity contribution in [1.29, 1.82) is 0 Å². The van der Waals surface area contributed by atoms with E-state index >= 15 is 0 Å². The molecule has 1 saturated heterocycles. The third kappa shape index (κ3) is 7.45. The normalized spacial score (nSPS) is 19.9. The number of esters is 1. The number of hydrogen-bond acceptors (Lipinski definition) is 6. The summed E-state index contributed by atoms with van der Waals surface area (Å²) >= 11 is 0. The Morgan fingerprint density at radius 1 is 1.03 bits per heavy atom. The second-order valence-corrected chi connectivity index (χ2v) is 11.2. The van der Waals surface area contributed by atoms with Crippen LogP contribution in [0, 0.1) is 0 Å². The van der Waals surface area contributed by atoms with E-state index in [0.717, 1.165) is 29.5 Å². The molecule has 1 aliphatic carbocycles. The number of amides is 1. The van der Waals surface area contributed by atoms with E-state index < -0.39 is 34.9 Å². The average molecular weight is 483 g/mol. The summed E-state index contributed by atoms with van der Waals surface area (Å²) in [6, 6.07) is 8.54. The van der Waals surface area contributed by atoms with Crippen LogP contribution in [-0.2, 0) is 30.2 Å². The van der Waals surface area contributed by atoms with Crippen molar-refractivity contribution in [3.63, 3.8) is 0 Å². The Labute approximate surface area is 209 Å². The molecule has 1 aromatic carbocycles. The van der Waals surface area contributed by atoms with Crippen LogP contribution < -0.4 is 5.32 Å². The number of ether oxygens (including phenoxy) is 2. The Morgan fingerprint density at radius 2 is 1.66 bits per heavy atom. The predicted octanol–water partition coefficient (Wildman–Crippen LogP) is 5.29. The van der Waals surface area contributed by atoms with E-state index in [-0.39, 0.29) is 13.7 Å². The molecule has 1 fully saturated rings. The Hall–Kier alpha value is -2.58. The maximum absolute atomic E-state index is 12.9. The Balaban J connectivity index is 1.65. The maximum Gasteiger partial charge on any atom is 0.490 e. The van der Waals surface area contributed by atoms with Crippen molar-refractivity contribution >= 4 is 19.2 Å². The maximum atomic E-state index is 12.9. The Morgan fingerprint density at radius 3 is 2.20 bits per heavy atom. The first-order valence-electron chi connectivity index (χ1n) is 12.2. The van der Waals surface area contributed by atoms with Gasteiger partial charge in [0, 0.05) is 0 Å². The zero-order valence-corrected chi connectivity index (χ0v) is 22.0. The van der Waals surface area contributed by atoms with Crippen LogP contribution in [0.3, 0.4) is 0 Å². The zero-order valence-electron chi connectivity index (χ0n) is 22.0. The van der Waals surface area contributed by atoms with Gasteiger partial charge in [0.1, 0.15) is 18.2 Å². The monoisotopic (exact) mass is 483 g/mol. The minimum Gasteiger partial charge on any atom is -0.458 e. The standard InChI is InChI=1S/C27H38BNO6/c1-25(2,3)33-23(30)22(29-24(31)32-18-20-11-9-8-10-12-20)17-19-13-15-21(16-14-19)28-34-26(4,5)27(6,7)35-28/h8-13,15,22H,14,16-18H2,1-7H3,(H,29,31)/t22-/m0/s1. The number of carbonyl (C=O) groups is 2. The number of allylic oxidation sites excluding steroid dienone is 3. The van der Waals surface area contributed by atoms with Gasteiger partial charge in [-0.15, -0.1) is 0 Å². The topological polar surface area (TPSA) is 83.1 Å². The van der Waals surface area contributed by atoms with Crippen LogP contribution >= 0.6 is 0 Å². The van der Waals surface area contributed by atoms with E-state index in [9.17, 15) is 9.59 Å². The lowest BCUT2D eigenvalue weighted by Crippen LogP contribution is -2.44. The fourth-order valence-corrected chi connectivity index (χ4v) is 3.79. The lowest BCUT2D eigenvalue weighted by atomic mass is 9.72. The van der Waals surface area contributed by atoms with E-state index in [4.69, 9.17) is 18.8 Å². The van der Waals surface area contributed by atoms with Gasteiger partial charge in [0.2, 0.25) is 0 Å². The molecule has 1 aromatic rings. The van der Waals surface area contributed by atoms with Gasteiger partial charge >= 0.3 is 19.2 Å². The minimum atomic E-state index is -0.851. The minimum absolute atomic E-state index is 0.122. The van der Waals surface area contributed by atoms with Crippen molar-refractivity contribution in [3.05, 3.63) is 59.1 Å². The fraction of sp³-hybridized carbons (Fsp3) is 0.556. The van der Waals surface area contributed by atoms with E-state index in [1.807, 2.05) is 70.2 Å². The highest BCUT2D eigenvalue weighted by atomic mass is 16.7. The third-order valence-electron chi connectivity index (χ3n) is 6.49. The number of nitrogens with one attached hydrogen (secondary N) is 1. The van der Waals surface area contributed by atoms with Crippen LogP contribution in [0.4, 0.5) is 4.79 Å². The summed E-state index contributed by atoms with van der Waals surface area (Å²) in [7, 11) is -0.384. The average Bonchev–Trinajstić information content (AvgIpc) is 2.99. The molecular formula is C27H38BNO6. The van der Waals surface area contributed by atoms with Crippen molar-refractivity contribution < 1.29 is 28.4 Å². The molecular weight excluding hydrogens is 445 g/mol. The first-order chi connectivity index (χ1) is 16.3.